The summed E-state index contributed by atoms with van der Waals surface area (Å²) in [7, 11) is 0. The fourth-order valence-electron chi connectivity index (χ4n) is 4.46. The molecule has 0 spiro atoms. The van der Waals surface area contributed by atoms with Gasteiger partial charge in [0.25, 0.3) is 0 Å². The highest BCUT2D eigenvalue weighted by Crippen LogP contribution is 2.30. The number of hydrogen-bond acceptors (Lipinski definition) is 3. The molecule has 2 aromatic rings. The van der Waals surface area contributed by atoms with Crippen LogP contribution in [-0.2, 0) is 16.0 Å². The molecule has 4 rings (SSSR count). The maximum atomic E-state index is 13.7. The van der Waals surface area contributed by atoms with Crippen LogP contribution in [0, 0.1) is 17.6 Å². The average molecular weight is 400 g/mol. The molecule has 2 saturated heterocycles. The molecule has 2 heterocycles. The number of ether oxygens (including phenoxy) is 1. The Morgan fingerprint density at radius 2 is 1.86 bits per heavy atom. The molecule has 0 saturated carbocycles. The molecule has 4 nitrogen and oxygen atoms in total. The molecule has 6 heteroatoms. The van der Waals surface area contributed by atoms with Crippen molar-refractivity contribution in [3.63, 3.8) is 0 Å². The third-order valence-electron chi connectivity index (χ3n) is 5.91. The van der Waals surface area contributed by atoms with E-state index in [-0.39, 0.29) is 29.5 Å². The molecule has 0 aromatic heterocycles. The van der Waals surface area contributed by atoms with Crippen LogP contribution in [0.5, 0.6) is 0 Å². The Balaban J connectivity index is 1.40. The summed E-state index contributed by atoms with van der Waals surface area (Å²) in [5.74, 6) is -0.236. The van der Waals surface area contributed by atoms with Crippen LogP contribution in [0.1, 0.15) is 18.4 Å². The number of piperidine rings is 1. The van der Waals surface area contributed by atoms with Gasteiger partial charge >= 0.3 is 0 Å². The molecule has 2 fully saturated rings. The van der Waals surface area contributed by atoms with Gasteiger partial charge in [0.1, 0.15) is 11.6 Å². The maximum Gasteiger partial charge on any atom is 0.222 e. The summed E-state index contributed by atoms with van der Waals surface area (Å²) in [6.45, 7) is 3.23. The zero-order valence-corrected chi connectivity index (χ0v) is 16.4. The molecule has 0 unspecified atom stereocenters. The molecule has 154 valence electrons. The quantitative estimate of drug-likeness (QED) is 0.786. The lowest BCUT2D eigenvalue weighted by atomic mass is 9.90. The average Bonchev–Trinajstić information content (AvgIpc) is 2.94. The van der Waals surface area contributed by atoms with E-state index in [4.69, 9.17) is 4.74 Å². The zero-order chi connectivity index (χ0) is 20.2. The number of amides is 1. The molecule has 2 aromatic carbocycles. The van der Waals surface area contributed by atoms with Crippen LogP contribution >= 0.6 is 0 Å². The Hall–Kier alpha value is -2.47. The van der Waals surface area contributed by atoms with Crippen LogP contribution in [-0.4, -0.2) is 49.7 Å². The van der Waals surface area contributed by atoms with Gasteiger partial charge in [-0.3, -0.25) is 4.79 Å². The van der Waals surface area contributed by atoms with Crippen molar-refractivity contribution < 1.29 is 18.3 Å². The van der Waals surface area contributed by atoms with E-state index in [1.165, 1.54) is 18.2 Å². The first-order valence-electron chi connectivity index (χ1n) is 10.2. The van der Waals surface area contributed by atoms with Gasteiger partial charge in [0, 0.05) is 43.7 Å². The second-order valence-electron chi connectivity index (χ2n) is 7.83. The number of benzene rings is 2. The van der Waals surface area contributed by atoms with E-state index in [1.54, 1.807) is 18.2 Å². The number of rotatable bonds is 4. The Labute approximate surface area is 170 Å². The van der Waals surface area contributed by atoms with E-state index >= 15 is 0 Å². The van der Waals surface area contributed by atoms with Gasteiger partial charge in [-0.1, -0.05) is 18.2 Å². The predicted octanol–water partition coefficient (Wildman–Crippen LogP) is 3.65. The van der Waals surface area contributed by atoms with Crippen molar-refractivity contribution in [2.45, 2.75) is 25.3 Å². The number of likely N-dealkylation sites (tertiary alicyclic amines) is 1. The van der Waals surface area contributed by atoms with Gasteiger partial charge in [0.2, 0.25) is 5.91 Å². The van der Waals surface area contributed by atoms with Crippen molar-refractivity contribution in [3.05, 3.63) is 65.7 Å². The number of anilines is 1. The van der Waals surface area contributed by atoms with Crippen molar-refractivity contribution >= 4 is 11.6 Å². The highest BCUT2D eigenvalue weighted by molar-refractivity contribution is 5.76. The molecule has 29 heavy (non-hydrogen) atoms. The second kappa shape index (κ2) is 8.91. The first-order valence-corrected chi connectivity index (χ1v) is 10.2. The molecule has 0 radical (unpaired) electrons. The van der Waals surface area contributed by atoms with Crippen LogP contribution in [0.3, 0.4) is 0 Å². The summed E-state index contributed by atoms with van der Waals surface area (Å²) in [5, 5.41) is 0. The zero-order valence-electron chi connectivity index (χ0n) is 16.4. The minimum Gasteiger partial charge on any atom is -0.379 e. The number of aryl methyl sites for hydroxylation is 1. The van der Waals surface area contributed by atoms with E-state index in [2.05, 4.69) is 4.90 Å². The van der Waals surface area contributed by atoms with Gasteiger partial charge in [-0.25, -0.2) is 8.78 Å². The molecule has 0 aliphatic carbocycles. The summed E-state index contributed by atoms with van der Waals surface area (Å²) in [5.41, 5.74) is 1.71. The summed E-state index contributed by atoms with van der Waals surface area (Å²) < 4.78 is 32.9. The first-order chi connectivity index (χ1) is 14.1. The second-order valence-corrected chi connectivity index (χ2v) is 7.83. The smallest absolute Gasteiger partial charge is 0.222 e. The molecule has 2 aliphatic heterocycles. The summed E-state index contributed by atoms with van der Waals surface area (Å²) in [6.07, 6.45) is 1.73. The lowest BCUT2D eigenvalue weighted by molar-refractivity contribution is -0.133. The Kier molecular flexibility index (Phi) is 6.09. The minimum absolute atomic E-state index is 0.0919. The van der Waals surface area contributed by atoms with Crippen LogP contribution in [0.4, 0.5) is 14.5 Å². The van der Waals surface area contributed by atoms with Crippen molar-refractivity contribution in [1.82, 2.24) is 4.90 Å². The van der Waals surface area contributed by atoms with Gasteiger partial charge < -0.3 is 14.5 Å². The third-order valence-corrected chi connectivity index (χ3v) is 5.91. The van der Waals surface area contributed by atoms with Crippen LogP contribution in [0.15, 0.2) is 48.5 Å². The van der Waals surface area contributed by atoms with Crippen LogP contribution in [0.25, 0.3) is 0 Å². The van der Waals surface area contributed by atoms with Crippen molar-refractivity contribution in [1.29, 1.82) is 0 Å². The molecule has 0 N–H and O–H groups in total. The van der Waals surface area contributed by atoms with E-state index in [0.29, 0.717) is 39.1 Å². The highest BCUT2D eigenvalue weighted by atomic mass is 19.1. The van der Waals surface area contributed by atoms with Crippen molar-refractivity contribution in [2.24, 2.45) is 5.92 Å². The summed E-state index contributed by atoms with van der Waals surface area (Å²) in [4.78, 5) is 16.9. The molecular weight excluding hydrogens is 374 g/mol. The van der Waals surface area contributed by atoms with E-state index in [0.717, 1.165) is 24.2 Å². The number of fused-ring (bicyclic) bond motifs is 1. The van der Waals surface area contributed by atoms with Crippen molar-refractivity contribution in [2.75, 3.05) is 37.7 Å². The number of carbonyl (C=O) groups excluding carboxylic acids is 1. The van der Waals surface area contributed by atoms with Gasteiger partial charge in [-0.05, 0) is 48.7 Å². The van der Waals surface area contributed by atoms with E-state index < -0.39 is 0 Å². The van der Waals surface area contributed by atoms with Crippen molar-refractivity contribution in [3.8, 4) is 0 Å². The standard InChI is InChI=1S/C23H26F2N2O2/c24-19-4-1-3-17(13-19)7-8-23(28)26-10-9-22-18(15-26)16-29-12-11-27(22)21-6-2-5-20(25)14-21/h1-6,13-14,18,22H,7-12,15-16H2/t18-,22+/m1/s1. The topological polar surface area (TPSA) is 32.8 Å². The Bertz CT molecular complexity index is 860. The van der Waals surface area contributed by atoms with Gasteiger partial charge in [0.05, 0.1) is 13.2 Å². The monoisotopic (exact) mass is 400 g/mol. The van der Waals surface area contributed by atoms with Crippen LogP contribution < -0.4 is 4.90 Å². The number of hydrogen-bond donors (Lipinski definition) is 0. The van der Waals surface area contributed by atoms with Gasteiger partial charge in [-0.2, -0.15) is 0 Å². The molecule has 0 bridgehead atoms. The predicted molar refractivity (Wildman–Crippen MR) is 108 cm³/mol. The normalized spacial score (nSPS) is 22.1. The fraction of sp³-hybridized carbons (Fsp3) is 0.435. The molecule has 2 atom stereocenters. The van der Waals surface area contributed by atoms with E-state index in [9.17, 15) is 13.6 Å². The summed E-state index contributed by atoms with van der Waals surface area (Å²) >= 11 is 0. The third kappa shape index (κ3) is 4.75. The minimum atomic E-state index is -0.274. The number of halogens is 2. The first kappa shape index (κ1) is 19.8. The Morgan fingerprint density at radius 1 is 1.07 bits per heavy atom. The molecular formula is C23H26F2N2O2. The molecule has 2 aliphatic rings. The van der Waals surface area contributed by atoms with Gasteiger partial charge in [-0.15, -0.1) is 0 Å². The van der Waals surface area contributed by atoms with Gasteiger partial charge in [0.15, 0.2) is 0 Å². The number of carbonyl (C=O) groups is 1. The summed E-state index contributed by atoms with van der Waals surface area (Å²) in [6, 6.07) is 13.3. The highest BCUT2D eigenvalue weighted by Gasteiger charge is 2.36. The largest absolute Gasteiger partial charge is 0.379 e. The lowest BCUT2D eigenvalue weighted by Gasteiger charge is -2.43. The van der Waals surface area contributed by atoms with Crippen LogP contribution in [0.2, 0.25) is 0 Å². The SMILES string of the molecule is O=C(CCc1cccc(F)c1)N1CC[C@H]2[C@@H](COCCN2c2cccc(F)c2)C1. The maximum absolute atomic E-state index is 13.7. The number of nitrogens with zero attached hydrogens (tertiary/aromatic N) is 2. The van der Waals surface area contributed by atoms with E-state index in [1.807, 2.05) is 17.0 Å². The lowest BCUT2D eigenvalue weighted by Crippen LogP contribution is -2.53. The Morgan fingerprint density at radius 3 is 2.66 bits per heavy atom. The fourth-order valence-corrected chi connectivity index (χ4v) is 4.46. The molecule has 1 amide bonds.